The standard InChI is InChI=1S/C11H12ClNO3/c1-6-5-13(2)9-4-7(12)3-8(11(14)15)10(9)16-6/h3-4,6H,5H2,1-2H3,(H,14,15). The minimum Gasteiger partial charge on any atom is -0.486 e. The van der Waals surface area contributed by atoms with Crippen molar-refractivity contribution in [3.05, 3.63) is 22.7 Å². The van der Waals surface area contributed by atoms with Gasteiger partial charge in [-0.1, -0.05) is 11.6 Å². The highest BCUT2D eigenvalue weighted by molar-refractivity contribution is 6.31. The zero-order chi connectivity index (χ0) is 11.9. The van der Waals surface area contributed by atoms with Gasteiger partial charge in [-0.15, -0.1) is 0 Å². The first-order valence-corrected chi connectivity index (χ1v) is 5.31. The number of likely N-dealkylation sites (N-methyl/N-ethyl adjacent to an activating group) is 1. The summed E-state index contributed by atoms with van der Waals surface area (Å²) in [6, 6.07) is 3.13. The van der Waals surface area contributed by atoms with Crippen LogP contribution in [0.5, 0.6) is 5.75 Å². The molecule has 0 radical (unpaired) electrons. The maximum Gasteiger partial charge on any atom is 0.339 e. The van der Waals surface area contributed by atoms with Gasteiger partial charge in [-0.3, -0.25) is 0 Å². The molecule has 1 heterocycles. The van der Waals surface area contributed by atoms with Crippen LogP contribution < -0.4 is 9.64 Å². The Morgan fingerprint density at radius 3 is 2.94 bits per heavy atom. The van der Waals surface area contributed by atoms with Crippen molar-refractivity contribution in [1.29, 1.82) is 0 Å². The van der Waals surface area contributed by atoms with Gasteiger partial charge in [0.2, 0.25) is 0 Å². The van der Waals surface area contributed by atoms with E-state index in [0.29, 0.717) is 17.3 Å². The van der Waals surface area contributed by atoms with Crippen LogP contribution in [0.15, 0.2) is 12.1 Å². The van der Waals surface area contributed by atoms with Crippen molar-refractivity contribution in [2.75, 3.05) is 18.5 Å². The van der Waals surface area contributed by atoms with Gasteiger partial charge in [0.05, 0.1) is 12.2 Å². The number of hydrogen-bond acceptors (Lipinski definition) is 3. The maximum atomic E-state index is 11.1. The zero-order valence-corrected chi connectivity index (χ0v) is 9.78. The number of fused-ring (bicyclic) bond motifs is 1. The summed E-state index contributed by atoms with van der Waals surface area (Å²) in [5, 5.41) is 9.48. The van der Waals surface area contributed by atoms with Crippen LogP contribution in [0.1, 0.15) is 17.3 Å². The summed E-state index contributed by atoms with van der Waals surface area (Å²) in [7, 11) is 1.89. The molecule has 1 atom stereocenters. The minimum absolute atomic E-state index is 0.0308. The van der Waals surface area contributed by atoms with Crippen LogP contribution in [0.3, 0.4) is 0 Å². The second-order valence-electron chi connectivity index (χ2n) is 3.92. The van der Waals surface area contributed by atoms with Crippen LogP contribution >= 0.6 is 11.6 Å². The minimum atomic E-state index is -1.03. The lowest BCUT2D eigenvalue weighted by molar-refractivity contribution is 0.0689. The fourth-order valence-corrected chi connectivity index (χ4v) is 2.08. The fraction of sp³-hybridized carbons (Fsp3) is 0.364. The van der Waals surface area contributed by atoms with Gasteiger partial charge < -0.3 is 14.7 Å². The first kappa shape index (κ1) is 11.1. The summed E-state index contributed by atoms with van der Waals surface area (Å²) in [5.74, 6) is -0.626. The number of anilines is 1. The second-order valence-corrected chi connectivity index (χ2v) is 4.35. The Morgan fingerprint density at radius 2 is 2.31 bits per heavy atom. The molecule has 0 aliphatic carbocycles. The molecule has 2 rings (SSSR count). The van der Waals surface area contributed by atoms with Crippen LogP contribution in [0.25, 0.3) is 0 Å². The molecule has 1 aliphatic heterocycles. The molecule has 1 aliphatic rings. The zero-order valence-electron chi connectivity index (χ0n) is 9.03. The van der Waals surface area contributed by atoms with Crippen LogP contribution in [-0.4, -0.2) is 30.8 Å². The van der Waals surface area contributed by atoms with Crippen molar-refractivity contribution < 1.29 is 14.6 Å². The Balaban J connectivity index is 2.61. The molecule has 1 aromatic rings. The number of ether oxygens (including phenoxy) is 1. The van der Waals surface area contributed by atoms with E-state index in [4.69, 9.17) is 21.4 Å². The number of carboxylic acid groups (broad SMARTS) is 1. The van der Waals surface area contributed by atoms with Gasteiger partial charge in [0.1, 0.15) is 11.7 Å². The Labute approximate surface area is 98.4 Å². The summed E-state index contributed by atoms with van der Waals surface area (Å²) >= 11 is 5.88. The molecule has 4 nitrogen and oxygen atoms in total. The van der Waals surface area contributed by atoms with E-state index in [2.05, 4.69) is 0 Å². The van der Waals surface area contributed by atoms with E-state index in [1.54, 1.807) is 6.07 Å². The third-order valence-corrected chi connectivity index (χ3v) is 2.74. The van der Waals surface area contributed by atoms with Gasteiger partial charge in [-0.25, -0.2) is 4.79 Å². The predicted octanol–water partition coefficient (Wildman–Crippen LogP) is 2.26. The first-order chi connectivity index (χ1) is 7.49. The van der Waals surface area contributed by atoms with Gasteiger partial charge in [0, 0.05) is 12.1 Å². The topological polar surface area (TPSA) is 49.8 Å². The Bertz CT molecular complexity index is 447. The first-order valence-electron chi connectivity index (χ1n) is 4.93. The summed E-state index contributed by atoms with van der Waals surface area (Å²) in [5.41, 5.74) is 0.837. The lowest BCUT2D eigenvalue weighted by Gasteiger charge is -2.33. The molecule has 0 aromatic heterocycles. The Hall–Kier alpha value is -1.42. The highest BCUT2D eigenvalue weighted by Crippen LogP contribution is 2.38. The normalized spacial score (nSPS) is 18.9. The van der Waals surface area contributed by atoms with Crippen molar-refractivity contribution >= 4 is 23.3 Å². The molecule has 0 fully saturated rings. The number of hydrogen-bond donors (Lipinski definition) is 1. The van der Waals surface area contributed by atoms with Crippen LogP contribution in [0.4, 0.5) is 5.69 Å². The molecule has 86 valence electrons. The second kappa shape index (κ2) is 3.87. The highest BCUT2D eigenvalue weighted by atomic mass is 35.5. The third-order valence-electron chi connectivity index (χ3n) is 2.53. The SMILES string of the molecule is CC1CN(C)c2cc(Cl)cc(C(=O)O)c2O1. The van der Waals surface area contributed by atoms with Crippen LogP contribution in [0.2, 0.25) is 5.02 Å². The van der Waals surface area contributed by atoms with Crippen molar-refractivity contribution in [2.24, 2.45) is 0 Å². The van der Waals surface area contributed by atoms with Crippen LogP contribution in [-0.2, 0) is 0 Å². The predicted molar refractivity (Wildman–Crippen MR) is 61.8 cm³/mol. The maximum absolute atomic E-state index is 11.1. The number of rotatable bonds is 1. The highest BCUT2D eigenvalue weighted by Gasteiger charge is 2.26. The molecular weight excluding hydrogens is 230 g/mol. The van der Waals surface area contributed by atoms with E-state index in [-0.39, 0.29) is 11.7 Å². The van der Waals surface area contributed by atoms with Gasteiger partial charge in [-0.05, 0) is 19.1 Å². The van der Waals surface area contributed by atoms with Crippen molar-refractivity contribution in [3.63, 3.8) is 0 Å². The lowest BCUT2D eigenvalue weighted by Crippen LogP contribution is -2.36. The molecule has 1 aromatic carbocycles. The molecule has 0 saturated heterocycles. The van der Waals surface area contributed by atoms with E-state index in [9.17, 15) is 4.79 Å². The van der Waals surface area contributed by atoms with Gasteiger partial charge in [0.25, 0.3) is 0 Å². The summed E-state index contributed by atoms with van der Waals surface area (Å²) in [6.45, 7) is 2.62. The van der Waals surface area contributed by atoms with Gasteiger partial charge in [-0.2, -0.15) is 0 Å². The number of carboxylic acids is 1. The van der Waals surface area contributed by atoms with E-state index in [1.165, 1.54) is 6.07 Å². The molecule has 1 N–H and O–H groups in total. The molecule has 0 amide bonds. The molecule has 0 spiro atoms. The van der Waals surface area contributed by atoms with Crippen LogP contribution in [0, 0.1) is 0 Å². The molecule has 16 heavy (non-hydrogen) atoms. The van der Waals surface area contributed by atoms with E-state index < -0.39 is 5.97 Å². The molecule has 5 heteroatoms. The molecule has 0 bridgehead atoms. The largest absolute Gasteiger partial charge is 0.486 e. The van der Waals surface area contributed by atoms with Gasteiger partial charge in [0.15, 0.2) is 5.75 Å². The lowest BCUT2D eigenvalue weighted by atomic mass is 10.1. The fourth-order valence-electron chi connectivity index (χ4n) is 1.87. The average Bonchev–Trinajstić information content (AvgIpc) is 2.18. The third kappa shape index (κ3) is 1.80. The number of halogens is 1. The monoisotopic (exact) mass is 241 g/mol. The smallest absolute Gasteiger partial charge is 0.339 e. The van der Waals surface area contributed by atoms with Gasteiger partial charge >= 0.3 is 5.97 Å². The Morgan fingerprint density at radius 1 is 1.62 bits per heavy atom. The number of aromatic carboxylic acids is 1. The Kier molecular flexibility index (Phi) is 2.68. The quantitative estimate of drug-likeness (QED) is 0.819. The number of carbonyl (C=O) groups is 1. The molecular formula is C11H12ClNO3. The molecule has 0 saturated carbocycles. The van der Waals surface area contributed by atoms with Crippen molar-refractivity contribution in [1.82, 2.24) is 0 Å². The van der Waals surface area contributed by atoms with E-state index in [0.717, 1.165) is 5.69 Å². The summed E-state index contributed by atoms with van der Waals surface area (Å²) in [4.78, 5) is 13.0. The summed E-state index contributed by atoms with van der Waals surface area (Å²) < 4.78 is 5.57. The average molecular weight is 242 g/mol. The van der Waals surface area contributed by atoms with Crippen molar-refractivity contribution in [3.8, 4) is 5.75 Å². The van der Waals surface area contributed by atoms with E-state index in [1.807, 2.05) is 18.9 Å². The number of nitrogens with zero attached hydrogens (tertiary/aromatic N) is 1. The number of benzene rings is 1. The van der Waals surface area contributed by atoms with Crippen molar-refractivity contribution in [2.45, 2.75) is 13.0 Å². The van der Waals surface area contributed by atoms with E-state index >= 15 is 0 Å². The molecule has 1 unspecified atom stereocenters. The summed E-state index contributed by atoms with van der Waals surface area (Å²) in [6.07, 6.45) is -0.0308.